The molecule has 0 bridgehead atoms. The number of rotatable bonds is 3. The van der Waals surface area contributed by atoms with Gasteiger partial charge in [0.05, 0.1) is 11.1 Å². The Morgan fingerprint density at radius 3 is 2.52 bits per heavy atom. The fourth-order valence-corrected chi connectivity index (χ4v) is 2.22. The Labute approximate surface area is 125 Å². The fraction of sp³-hybridized carbons (Fsp3) is 0.0667. The first-order chi connectivity index (χ1) is 10.1. The third-order valence-corrected chi connectivity index (χ3v) is 3.47. The average Bonchev–Trinajstić information content (AvgIpc) is 2.97. The van der Waals surface area contributed by atoms with Crippen molar-refractivity contribution in [1.82, 2.24) is 15.2 Å². The molecule has 0 spiro atoms. The summed E-state index contributed by atoms with van der Waals surface area (Å²) >= 11 is 6.12. The molecule has 1 atom stereocenters. The molecule has 3 N–H and O–H groups in total. The zero-order chi connectivity index (χ0) is 14.8. The van der Waals surface area contributed by atoms with Gasteiger partial charge in [0, 0.05) is 5.56 Å². The van der Waals surface area contributed by atoms with Crippen molar-refractivity contribution in [3.63, 3.8) is 0 Å². The summed E-state index contributed by atoms with van der Waals surface area (Å²) in [7, 11) is 0. The molecule has 106 valence electrons. The number of nitrogens with two attached hydrogens (primary N) is 1. The first-order valence-corrected chi connectivity index (χ1v) is 6.71. The summed E-state index contributed by atoms with van der Waals surface area (Å²) in [4.78, 5) is 4.37. The zero-order valence-corrected chi connectivity index (χ0v) is 11.7. The topological polar surface area (TPSA) is 67.6 Å². The lowest BCUT2D eigenvalue weighted by Gasteiger charge is -2.08. The normalized spacial score (nSPS) is 12.3. The molecule has 4 nitrogen and oxygen atoms in total. The van der Waals surface area contributed by atoms with Crippen LogP contribution in [0.25, 0.3) is 11.4 Å². The van der Waals surface area contributed by atoms with Crippen molar-refractivity contribution in [3.8, 4) is 11.4 Å². The lowest BCUT2D eigenvalue weighted by Crippen LogP contribution is -2.13. The molecule has 0 fully saturated rings. The van der Waals surface area contributed by atoms with Gasteiger partial charge >= 0.3 is 0 Å². The molecule has 0 radical (unpaired) electrons. The molecule has 3 rings (SSSR count). The van der Waals surface area contributed by atoms with Crippen LogP contribution >= 0.6 is 11.6 Å². The molecular formula is C15H12ClFN4. The summed E-state index contributed by atoms with van der Waals surface area (Å²) < 4.78 is 12.9. The van der Waals surface area contributed by atoms with E-state index in [9.17, 15) is 4.39 Å². The van der Waals surface area contributed by atoms with Crippen LogP contribution in [-0.4, -0.2) is 15.2 Å². The van der Waals surface area contributed by atoms with Crippen molar-refractivity contribution in [2.45, 2.75) is 6.04 Å². The van der Waals surface area contributed by atoms with Crippen LogP contribution in [0.4, 0.5) is 4.39 Å². The minimum atomic E-state index is -0.505. The van der Waals surface area contributed by atoms with E-state index in [4.69, 9.17) is 17.3 Å². The molecule has 0 amide bonds. The van der Waals surface area contributed by atoms with E-state index in [1.807, 2.05) is 18.2 Å². The van der Waals surface area contributed by atoms with Crippen LogP contribution in [0.1, 0.15) is 17.4 Å². The highest BCUT2D eigenvalue weighted by atomic mass is 35.5. The molecule has 0 unspecified atom stereocenters. The second-order valence-electron chi connectivity index (χ2n) is 4.55. The van der Waals surface area contributed by atoms with Crippen LogP contribution in [-0.2, 0) is 0 Å². The minimum absolute atomic E-state index is 0.305. The van der Waals surface area contributed by atoms with Gasteiger partial charge in [-0.05, 0) is 29.8 Å². The SMILES string of the molecule is N[C@@H](c1ccc(F)cc1)c1nc(-c2ccccc2Cl)n[nH]1. The van der Waals surface area contributed by atoms with Gasteiger partial charge in [0.1, 0.15) is 11.6 Å². The Hall–Kier alpha value is -2.24. The smallest absolute Gasteiger partial charge is 0.182 e. The lowest BCUT2D eigenvalue weighted by molar-refractivity contribution is 0.626. The van der Waals surface area contributed by atoms with Crippen LogP contribution in [0.5, 0.6) is 0 Å². The average molecular weight is 303 g/mol. The predicted molar refractivity (Wildman–Crippen MR) is 79.3 cm³/mol. The van der Waals surface area contributed by atoms with Gasteiger partial charge in [-0.25, -0.2) is 9.37 Å². The zero-order valence-electron chi connectivity index (χ0n) is 10.9. The van der Waals surface area contributed by atoms with Crippen LogP contribution < -0.4 is 5.73 Å². The fourth-order valence-electron chi connectivity index (χ4n) is 2.00. The van der Waals surface area contributed by atoms with E-state index in [0.29, 0.717) is 16.7 Å². The molecule has 6 heteroatoms. The maximum absolute atomic E-state index is 12.9. The molecule has 2 aromatic carbocycles. The second kappa shape index (κ2) is 5.63. The summed E-state index contributed by atoms with van der Waals surface area (Å²) in [6.07, 6.45) is 0. The number of hydrogen-bond acceptors (Lipinski definition) is 3. The van der Waals surface area contributed by atoms with Crippen molar-refractivity contribution < 1.29 is 4.39 Å². The Morgan fingerprint density at radius 1 is 1.10 bits per heavy atom. The molecule has 3 aromatic rings. The number of H-pyrrole nitrogens is 1. The minimum Gasteiger partial charge on any atom is -0.318 e. The van der Waals surface area contributed by atoms with Crippen molar-refractivity contribution >= 4 is 11.6 Å². The third-order valence-electron chi connectivity index (χ3n) is 3.14. The molecule has 0 saturated carbocycles. The van der Waals surface area contributed by atoms with Gasteiger partial charge in [-0.2, -0.15) is 5.10 Å². The van der Waals surface area contributed by atoms with E-state index in [0.717, 1.165) is 11.1 Å². The van der Waals surface area contributed by atoms with Crippen LogP contribution in [0, 0.1) is 5.82 Å². The van der Waals surface area contributed by atoms with Crippen molar-refractivity contribution in [2.75, 3.05) is 0 Å². The van der Waals surface area contributed by atoms with Gasteiger partial charge in [-0.1, -0.05) is 35.9 Å². The molecular weight excluding hydrogens is 291 g/mol. The summed E-state index contributed by atoms with van der Waals surface area (Å²) in [5.74, 6) is 0.671. The first-order valence-electron chi connectivity index (χ1n) is 6.33. The van der Waals surface area contributed by atoms with Gasteiger partial charge in [0.25, 0.3) is 0 Å². The standard InChI is InChI=1S/C15H12ClFN4/c16-12-4-2-1-3-11(12)14-19-15(21-20-14)13(18)9-5-7-10(17)8-6-9/h1-8,13H,18H2,(H,19,20,21)/t13-/m0/s1. The van der Waals surface area contributed by atoms with Gasteiger partial charge in [0.15, 0.2) is 5.82 Å². The Balaban J connectivity index is 1.91. The Morgan fingerprint density at radius 2 is 1.81 bits per heavy atom. The predicted octanol–water partition coefficient (Wildman–Crippen LogP) is 3.31. The van der Waals surface area contributed by atoms with Crippen LogP contribution in [0.3, 0.4) is 0 Å². The van der Waals surface area contributed by atoms with E-state index in [-0.39, 0.29) is 5.82 Å². The summed E-state index contributed by atoms with van der Waals surface area (Å²) in [5, 5.41) is 7.51. The van der Waals surface area contributed by atoms with Crippen molar-refractivity contribution in [1.29, 1.82) is 0 Å². The van der Waals surface area contributed by atoms with E-state index < -0.39 is 6.04 Å². The maximum Gasteiger partial charge on any atom is 0.182 e. The molecule has 1 heterocycles. The van der Waals surface area contributed by atoms with Gasteiger partial charge < -0.3 is 5.73 Å². The van der Waals surface area contributed by atoms with Gasteiger partial charge in [-0.15, -0.1) is 0 Å². The molecule has 1 aromatic heterocycles. The van der Waals surface area contributed by atoms with E-state index >= 15 is 0 Å². The maximum atomic E-state index is 12.9. The molecule has 0 aliphatic carbocycles. The number of benzene rings is 2. The summed E-state index contributed by atoms with van der Waals surface area (Å²) in [6, 6.07) is 12.8. The van der Waals surface area contributed by atoms with E-state index in [1.165, 1.54) is 12.1 Å². The molecule has 0 aliphatic heterocycles. The highest BCUT2D eigenvalue weighted by Gasteiger charge is 2.15. The number of nitrogens with zero attached hydrogens (tertiary/aromatic N) is 2. The lowest BCUT2D eigenvalue weighted by atomic mass is 10.1. The molecule has 21 heavy (non-hydrogen) atoms. The monoisotopic (exact) mass is 302 g/mol. The second-order valence-corrected chi connectivity index (χ2v) is 4.96. The van der Waals surface area contributed by atoms with Gasteiger partial charge in [-0.3, -0.25) is 5.10 Å². The first kappa shape index (κ1) is 13.7. The van der Waals surface area contributed by atoms with Crippen molar-refractivity contribution in [2.24, 2.45) is 5.73 Å². The van der Waals surface area contributed by atoms with Crippen molar-refractivity contribution in [3.05, 3.63) is 70.8 Å². The number of hydrogen-bond donors (Lipinski definition) is 2. The number of nitrogens with one attached hydrogen (secondary N) is 1. The summed E-state index contributed by atoms with van der Waals surface area (Å²) in [5.41, 5.74) is 7.58. The number of aromatic nitrogens is 3. The Kier molecular flexibility index (Phi) is 3.68. The van der Waals surface area contributed by atoms with E-state index in [2.05, 4.69) is 15.2 Å². The van der Waals surface area contributed by atoms with Gasteiger partial charge in [0.2, 0.25) is 0 Å². The molecule has 0 saturated heterocycles. The van der Waals surface area contributed by atoms with E-state index in [1.54, 1.807) is 18.2 Å². The largest absolute Gasteiger partial charge is 0.318 e. The van der Waals surface area contributed by atoms with Crippen LogP contribution in [0.2, 0.25) is 5.02 Å². The highest BCUT2D eigenvalue weighted by molar-refractivity contribution is 6.33. The third kappa shape index (κ3) is 2.79. The number of aromatic amines is 1. The van der Waals surface area contributed by atoms with Crippen LogP contribution in [0.15, 0.2) is 48.5 Å². The molecule has 0 aliphatic rings. The Bertz CT molecular complexity index is 754. The quantitative estimate of drug-likeness (QED) is 0.780. The summed E-state index contributed by atoms with van der Waals surface area (Å²) in [6.45, 7) is 0. The highest BCUT2D eigenvalue weighted by Crippen LogP contribution is 2.26. The number of halogens is 2.